The van der Waals surface area contributed by atoms with Crippen LogP contribution in [0.5, 0.6) is 0 Å². The van der Waals surface area contributed by atoms with Gasteiger partial charge in [0.2, 0.25) is 5.78 Å². The molecule has 0 bridgehead atoms. The molecule has 3 unspecified atom stereocenters. The number of hydrogen-bond donors (Lipinski definition) is 3. The lowest BCUT2D eigenvalue weighted by Gasteiger charge is -2.62. The molecule has 3 saturated carbocycles. The molecule has 0 heterocycles. The minimum Gasteiger partial charge on any atom is -0.458 e. The number of ether oxygens (including phenoxy) is 1. The van der Waals surface area contributed by atoms with E-state index >= 15 is 8.78 Å². The van der Waals surface area contributed by atoms with Crippen LogP contribution in [0.4, 0.5) is 8.78 Å². The number of carbonyl (C=O) groups is 3. The van der Waals surface area contributed by atoms with Crippen LogP contribution in [0.15, 0.2) is 23.8 Å². The van der Waals surface area contributed by atoms with E-state index < -0.39 is 76.5 Å². The summed E-state index contributed by atoms with van der Waals surface area (Å²) in [6, 6.07) is 0. The van der Waals surface area contributed by atoms with E-state index in [0.29, 0.717) is 0 Å². The Kier molecular flexibility index (Phi) is 5.08. The second-order valence-corrected chi connectivity index (χ2v) is 10.1. The minimum absolute atomic E-state index is 0.0360. The molecule has 9 heteroatoms. The van der Waals surface area contributed by atoms with Crippen molar-refractivity contribution in [1.82, 2.24) is 0 Å². The van der Waals surface area contributed by atoms with Gasteiger partial charge in [-0.15, -0.1) is 0 Å². The topological polar surface area (TPSA) is 121 Å². The summed E-state index contributed by atoms with van der Waals surface area (Å²) < 4.78 is 36.9. The molecule has 4 aliphatic rings. The molecule has 0 aromatic heterocycles. The van der Waals surface area contributed by atoms with Crippen LogP contribution in [-0.2, 0) is 19.1 Å². The summed E-state index contributed by atoms with van der Waals surface area (Å²) in [5.41, 5.74) is -7.92. The molecule has 4 aliphatic carbocycles. The van der Waals surface area contributed by atoms with Gasteiger partial charge in [-0.3, -0.25) is 14.4 Å². The number of halogens is 2. The molecule has 0 aliphatic heterocycles. The maximum atomic E-state index is 16.9. The summed E-state index contributed by atoms with van der Waals surface area (Å²) >= 11 is 0. The summed E-state index contributed by atoms with van der Waals surface area (Å²) in [6.07, 6.45) is -2.41. The van der Waals surface area contributed by atoms with Crippen molar-refractivity contribution in [2.45, 2.75) is 69.7 Å². The lowest BCUT2D eigenvalue weighted by molar-refractivity contribution is -0.226. The fourth-order valence-corrected chi connectivity index (χ4v) is 7.00. The van der Waals surface area contributed by atoms with E-state index in [1.807, 2.05) is 0 Å². The normalized spacial score (nSPS) is 49.6. The molecule has 0 radical (unpaired) electrons. The SMILES string of the molecule is CC(=O)OCC(=O)[C@@]1(O)C(O)C[C@H]2[C@@H]3CC(F)C4=CC(=O)C=C[C@]4(C)[C@@]3(F)C(O)C[C@@]21C. The molecule has 0 saturated heterocycles. The molecule has 3 fully saturated rings. The monoisotopic (exact) mass is 454 g/mol. The van der Waals surface area contributed by atoms with E-state index in [1.54, 1.807) is 0 Å². The van der Waals surface area contributed by atoms with Crippen molar-refractivity contribution in [1.29, 1.82) is 0 Å². The van der Waals surface area contributed by atoms with E-state index in [4.69, 9.17) is 4.74 Å². The van der Waals surface area contributed by atoms with Crippen molar-refractivity contribution >= 4 is 17.5 Å². The first kappa shape index (κ1) is 23.2. The molecule has 0 aromatic carbocycles. The third-order valence-electron chi connectivity index (χ3n) is 8.68. The Labute approximate surface area is 184 Å². The van der Waals surface area contributed by atoms with E-state index in [2.05, 4.69) is 0 Å². The van der Waals surface area contributed by atoms with Crippen molar-refractivity contribution in [2.75, 3.05) is 6.61 Å². The van der Waals surface area contributed by atoms with Crippen LogP contribution >= 0.6 is 0 Å². The van der Waals surface area contributed by atoms with Gasteiger partial charge in [0.15, 0.2) is 23.7 Å². The first-order chi connectivity index (χ1) is 14.7. The van der Waals surface area contributed by atoms with Crippen LogP contribution in [0, 0.1) is 22.7 Å². The van der Waals surface area contributed by atoms with Gasteiger partial charge in [0, 0.05) is 23.7 Å². The van der Waals surface area contributed by atoms with Crippen LogP contribution in [0.3, 0.4) is 0 Å². The van der Waals surface area contributed by atoms with Crippen molar-refractivity contribution in [3.05, 3.63) is 23.8 Å². The van der Waals surface area contributed by atoms with Gasteiger partial charge in [0.05, 0.1) is 12.2 Å². The second kappa shape index (κ2) is 7.01. The van der Waals surface area contributed by atoms with E-state index in [0.717, 1.165) is 19.1 Å². The van der Waals surface area contributed by atoms with Gasteiger partial charge in [-0.05, 0) is 49.8 Å². The number of ketones is 2. The van der Waals surface area contributed by atoms with Crippen LogP contribution in [0.2, 0.25) is 0 Å². The Morgan fingerprint density at radius 1 is 1.19 bits per heavy atom. The Hall–Kier alpha value is -1.97. The number of alkyl halides is 2. The molecule has 3 N–H and O–H groups in total. The molecule has 176 valence electrons. The van der Waals surface area contributed by atoms with Gasteiger partial charge >= 0.3 is 5.97 Å². The molecule has 4 rings (SSSR count). The number of fused-ring (bicyclic) bond motifs is 5. The number of hydrogen-bond acceptors (Lipinski definition) is 7. The average molecular weight is 454 g/mol. The van der Waals surface area contributed by atoms with Gasteiger partial charge in [0.25, 0.3) is 0 Å². The average Bonchev–Trinajstić information content (AvgIpc) is 2.91. The predicted molar refractivity (Wildman–Crippen MR) is 107 cm³/mol. The molecule has 9 atom stereocenters. The van der Waals surface area contributed by atoms with Gasteiger partial charge in [-0.2, -0.15) is 0 Å². The Balaban J connectivity index is 1.79. The number of carbonyl (C=O) groups excluding carboxylic acids is 3. The van der Waals surface area contributed by atoms with Crippen molar-refractivity contribution in [2.24, 2.45) is 22.7 Å². The quantitative estimate of drug-likeness (QED) is 0.547. The number of aliphatic hydroxyl groups excluding tert-OH is 2. The van der Waals surface area contributed by atoms with Crippen LogP contribution in [0.25, 0.3) is 0 Å². The third-order valence-corrected chi connectivity index (χ3v) is 8.68. The largest absolute Gasteiger partial charge is 0.458 e. The predicted octanol–water partition coefficient (Wildman–Crippen LogP) is 1.14. The lowest BCUT2D eigenvalue weighted by atomic mass is 9.44. The second-order valence-electron chi connectivity index (χ2n) is 10.1. The highest BCUT2D eigenvalue weighted by Crippen LogP contribution is 2.70. The minimum atomic E-state index is -2.41. The van der Waals surface area contributed by atoms with Gasteiger partial charge in [0.1, 0.15) is 6.17 Å². The zero-order valence-electron chi connectivity index (χ0n) is 18.2. The zero-order valence-corrected chi connectivity index (χ0v) is 18.2. The molecule has 0 aromatic rings. The fourth-order valence-electron chi connectivity index (χ4n) is 7.00. The number of aliphatic hydroxyl groups is 3. The van der Waals surface area contributed by atoms with Crippen LogP contribution in [-0.4, -0.2) is 69.1 Å². The highest BCUT2D eigenvalue weighted by atomic mass is 19.1. The van der Waals surface area contributed by atoms with Crippen molar-refractivity contribution < 1.29 is 43.2 Å². The summed E-state index contributed by atoms with van der Waals surface area (Å²) in [6.45, 7) is 3.22. The maximum absolute atomic E-state index is 16.9. The summed E-state index contributed by atoms with van der Waals surface area (Å²) in [5, 5.41) is 33.3. The molecular weight excluding hydrogens is 426 g/mol. The zero-order chi connectivity index (χ0) is 23.9. The molecule has 0 spiro atoms. The maximum Gasteiger partial charge on any atom is 0.303 e. The van der Waals surface area contributed by atoms with Crippen molar-refractivity contribution in [3.63, 3.8) is 0 Å². The Morgan fingerprint density at radius 3 is 2.47 bits per heavy atom. The summed E-state index contributed by atoms with van der Waals surface area (Å²) in [7, 11) is 0. The number of rotatable bonds is 3. The molecular formula is C23H28F2O7. The van der Waals surface area contributed by atoms with Gasteiger partial charge in [-0.25, -0.2) is 8.78 Å². The summed E-state index contributed by atoms with van der Waals surface area (Å²) in [4.78, 5) is 35.9. The van der Waals surface area contributed by atoms with Gasteiger partial charge < -0.3 is 20.1 Å². The number of esters is 1. The van der Waals surface area contributed by atoms with Gasteiger partial charge in [-0.1, -0.05) is 13.0 Å². The summed E-state index contributed by atoms with van der Waals surface area (Å²) in [5.74, 6) is -4.15. The highest BCUT2D eigenvalue weighted by Gasteiger charge is 2.77. The Bertz CT molecular complexity index is 947. The fraction of sp³-hybridized carbons (Fsp3) is 0.696. The molecule has 7 nitrogen and oxygen atoms in total. The van der Waals surface area contributed by atoms with E-state index in [1.165, 1.54) is 19.9 Å². The third kappa shape index (κ3) is 2.64. The first-order valence-electron chi connectivity index (χ1n) is 10.8. The van der Waals surface area contributed by atoms with Crippen LogP contribution < -0.4 is 0 Å². The smallest absolute Gasteiger partial charge is 0.303 e. The molecule has 32 heavy (non-hydrogen) atoms. The van der Waals surface area contributed by atoms with E-state index in [-0.39, 0.29) is 24.8 Å². The number of Topliss-reactive ketones (excluding diaryl/α,β-unsaturated/α-hetero) is 1. The molecule has 0 amide bonds. The standard InChI is InChI=1S/C23H28F2O7/c1-11(26)32-10-19(30)23(31)17(28)8-13-14-7-16(24)15-6-12(27)4-5-20(15,2)22(14,25)18(29)9-21(13,23)3/h4-6,13-14,16-18,28-29,31H,7-10H2,1-3H3/t13-,14-,16?,17?,18?,20-,21-,22-,23-/m0/s1. The highest BCUT2D eigenvalue weighted by molar-refractivity contribution is 6.01. The van der Waals surface area contributed by atoms with Crippen LogP contribution in [0.1, 0.15) is 40.0 Å². The number of allylic oxidation sites excluding steroid dienone is 4. The van der Waals surface area contributed by atoms with Crippen molar-refractivity contribution in [3.8, 4) is 0 Å². The van der Waals surface area contributed by atoms with E-state index in [9.17, 15) is 29.7 Å². The first-order valence-corrected chi connectivity index (χ1v) is 10.8. The Morgan fingerprint density at radius 2 is 1.84 bits per heavy atom. The lowest BCUT2D eigenvalue weighted by Crippen LogP contribution is -2.71.